The van der Waals surface area contributed by atoms with E-state index < -0.39 is 84.0 Å². The number of thioether (sulfide) groups is 2. The minimum absolute atomic E-state index is 0.164. The van der Waals surface area contributed by atoms with Gasteiger partial charge in [-0.15, -0.1) is 23.5 Å². The highest BCUT2D eigenvalue weighted by Gasteiger charge is 2.38. The van der Waals surface area contributed by atoms with Crippen molar-refractivity contribution in [3.63, 3.8) is 0 Å². The molecule has 0 spiro atoms. The molecule has 0 fully saturated rings. The summed E-state index contributed by atoms with van der Waals surface area (Å²) in [5.41, 5.74) is -4.69. The molecular formula is C49H48OS2. The van der Waals surface area contributed by atoms with E-state index >= 15 is 0 Å². The van der Waals surface area contributed by atoms with Crippen molar-refractivity contribution in [1.82, 2.24) is 0 Å². The summed E-state index contributed by atoms with van der Waals surface area (Å²) in [5.74, 6) is -0.587. The van der Waals surface area contributed by atoms with Crippen molar-refractivity contribution in [3.05, 3.63) is 154 Å². The second-order valence-electron chi connectivity index (χ2n) is 14.3. The van der Waals surface area contributed by atoms with Crippen LogP contribution >= 0.6 is 23.5 Å². The summed E-state index contributed by atoms with van der Waals surface area (Å²) in [6.07, 6.45) is 0. The number of rotatable bonds is 3. The van der Waals surface area contributed by atoms with Gasteiger partial charge in [0.05, 0.1) is 0 Å². The normalized spacial score (nSPS) is 22.9. The third-order valence-corrected chi connectivity index (χ3v) is 12.8. The maximum atomic E-state index is 9.25. The van der Waals surface area contributed by atoms with Crippen LogP contribution in [0.25, 0.3) is 33.4 Å². The molecule has 0 saturated heterocycles. The second kappa shape index (κ2) is 12.5. The SMILES string of the molecule is [2H]C([2H])([2H])c1ccc(-c2ccc(C([2H])([2H])[2H])c(-c3cccc4c3SC(C)(C)c3ccccc3SC4(C)C)c2C([2H])([2H])[2H])c(C([2H])([2H])[2H])c1-c1cccc2c1Oc1ccccc1C2(C([2H])([2H])[2H])C([2H])([2H])[2H]. The maximum absolute atomic E-state index is 9.25. The molecule has 2 heterocycles. The van der Waals surface area contributed by atoms with Crippen LogP contribution in [0.5, 0.6) is 11.5 Å². The summed E-state index contributed by atoms with van der Waals surface area (Å²) in [7, 11) is 0. The minimum atomic E-state index is -3.29. The first-order chi connectivity index (χ1) is 32.0. The fraction of sp³-hybridized carbons (Fsp3) is 0.265. The summed E-state index contributed by atoms with van der Waals surface area (Å²) in [4.78, 5) is 1.65. The van der Waals surface area contributed by atoms with Gasteiger partial charge in [-0.1, -0.05) is 111 Å². The lowest BCUT2D eigenvalue weighted by Gasteiger charge is -2.38. The Balaban J connectivity index is 1.53. The Morgan fingerprint density at radius 2 is 1.08 bits per heavy atom. The van der Waals surface area contributed by atoms with Gasteiger partial charge in [-0.3, -0.25) is 0 Å². The van der Waals surface area contributed by atoms with Crippen LogP contribution in [0.1, 0.15) is 111 Å². The van der Waals surface area contributed by atoms with Crippen LogP contribution in [-0.4, -0.2) is 0 Å². The molecule has 0 amide bonds. The van der Waals surface area contributed by atoms with Crippen LogP contribution in [-0.2, 0) is 14.9 Å². The molecule has 52 heavy (non-hydrogen) atoms. The Morgan fingerprint density at radius 3 is 1.75 bits per heavy atom. The molecule has 3 heteroatoms. The summed E-state index contributed by atoms with van der Waals surface area (Å²) in [5, 5.41) is 0. The van der Waals surface area contributed by atoms with E-state index in [-0.39, 0.29) is 50.3 Å². The maximum Gasteiger partial charge on any atom is 0.139 e. The zero-order valence-corrected chi connectivity index (χ0v) is 30.8. The van der Waals surface area contributed by atoms with E-state index in [9.17, 15) is 8.22 Å². The summed E-state index contributed by atoms with van der Waals surface area (Å²) in [6.45, 7) is -10.9. The van der Waals surface area contributed by atoms with Crippen molar-refractivity contribution < 1.29 is 29.4 Å². The van der Waals surface area contributed by atoms with E-state index in [2.05, 4.69) is 0 Å². The zero-order valence-electron chi connectivity index (χ0n) is 47.1. The third kappa shape index (κ3) is 5.46. The van der Waals surface area contributed by atoms with Crippen LogP contribution in [0, 0.1) is 27.4 Å². The second-order valence-corrected chi connectivity index (χ2v) is 17.6. The van der Waals surface area contributed by atoms with Gasteiger partial charge in [0.1, 0.15) is 11.5 Å². The molecule has 6 aromatic carbocycles. The van der Waals surface area contributed by atoms with Crippen LogP contribution in [0.4, 0.5) is 0 Å². The molecule has 1 nitrogen and oxygen atoms in total. The lowest BCUT2D eigenvalue weighted by atomic mass is 9.74. The van der Waals surface area contributed by atoms with Gasteiger partial charge < -0.3 is 4.74 Å². The molecular weight excluding hydrogens is 669 g/mol. The molecule has 0 saturated carbocycles. The van der Waals surface area contributed by atoms with E-state index in [1.807, 2.05) is 58.0 Å². The fourth-order valence-corrected chi connectivity index (χ4v) is 10.5. The minimum Gasteiger partial charge on any atom is -0.456 e. The summed E-state index contributed by atoms with van der Waals surface area (Å²) < 4.78 is 166. The molecule has 2 aliphatic heterocycles. The van der Waals surface area contributed by atoms with Gasteiger partial charge in [0, 0.05) is 66.1 Å². The molecule has 2 aliphatic rings. The first-order valence-corrected chi connectivity index (χ1v) is 18.6. The number of aryl methyl sites for hydroxylation is 2. The number of ether oxygens (including phenoxy) is 1. The summed E-state index contributed by atoms with van der Waals surface area (Å²) in [6, 6.07) is 27.6. The molecule has 0 atom stereocenters. The average molecular weight is 735 g/mol. The Kier molecular flexibility index (Phi) is 4.74. The van der Waals surface area contributed by atoms with Gasteiger partial charge >= 0.3 is 0 Å². The monoisotopic (exact) mass is 734 g/mol. The Morgan fingerprint density at radius 1 is 0.500 bits per heavy atom. The van der Waals surface area contributed by atoms with Gasteiger partial charge in [-0.25, -0.2) is 0 Å². The van der Waals surface area contributed by atoms with Crippen molar-refractivity contribution in [2.45, 2.75) is 93.5 Å². The topological polar surface area (TPSA) is 9.23 Å². The van der Waals surface area contributed by atoms with Gasteiger partial charge in [-0.2, -0.15) is 0 Å². The van der Waals surface area contributed by atoms with E-state index in [4.69, 9.17) is 21.2 Å². The molecule has 0 aromatic heterocycles. The quantitative estimate of drug-likeness (QED) is 0.179. The average Bonchev–Trinajstić information content (AvgIpc) is 3.21. The van der Waals surface area contributed by atoms with Crippen molar-refractivity contribution >= 4 is 23.5 Å². The van der Waals surface area contributed by atoms with Crippen LogP contribution in [0.15, 0.2) is 119 Å². The number of benzene rings is 6. The molecule has 262 valence electrons. The van der Waals surface area contributed by atoms with Crippen molar-refractivity contribution in [2.24, 2.45) is 0 Å². The molecule has 0 N–H and O–H groups in total. The lowest BCUT2D eigenvalue weighted by molar-refractivity contribution is 0.419. The predicted molar refractivity (Wildman–Crippen MR) is 225 cm³/mol. The van der Waals surface area contributed by atoms with Crippen LogP contribution in [0.3, 0.4) is 0 Å². The number of para-hydroxylation sites is 2. The van der Waals surface area contributed by atoms with Crippen LogP contribution in [0.2, 0.25) is 0 Å². The molecule has 0 unspecified atom stereocenters. The van der Waals surface area contributed by atoms with E-state index in [1.54, 1.807) is 23.9 Å². The van der Waals surface area contributed by atoms with Crippen LogP contribution < -0.4 is 4.74 Å². The first kappa shape index (κ1) is 19.8. The number of hydrogen-bond donors (Lipinski definition) is 0. The van der Waals surface area contributed by atoms with Gasteiger partial charge in [0.15, 0.2) is 0 Å². The first-order valence-electron chi connectivity index (χ1n) is 25.9. The zero-order chi connectivity index (χ0) is 51.7. The fourth-order valence-electron chi connectivity index (χ4n) is 7.48. The largest absolute Gasteiger partial charge is 0.456 e. The van der Waals surface area contributed by atoms with Crippen molar-refractivity contribution in [1.29, 1.82) is 0 Å². The van der Waals surface area contributed by atoms with Crippen molar-refractivity contribution in [3.8, 4) is 44.9 Å². The van der Waals surface area contributed by atoms with E-state index in [0.29, 0.717) is 4.90 Å². The third-order valence-electron chi connectivity index (χ3n) is 10.1. The Labute approximate surface area is 344 Å². The van der Waals surface area contributed by atoms with E-state index in [1.165, 1.54) is 72.4 Å². The lowest BCUT2D eigenvalue weighted by Crippen LogP contribution is -2.24. The predicted octanol–water partition coefficient (Wildman–Crippen LogP) is 14.7. The molecule has 0 aliphatic carbocycles. The van der Waals surface area contributed by atoms with Gasteiger partial charge in [0.2, 0.25) is 0 Å². The highest BCUT2D eigenvalue weighted by atomic mass is 32.2. The highest BCUT2D eigenvalue weighted by molar-refractivity contribution is 8.02. The van der Waals surface area contributed by atoms with Gasteiger partial charge in [0.25, 0.3) is 0 Å². The van der Waals surface area contributed by atoms with Gasteiger partial charge in [-0.05, 0) is 128 Å². The summed E-state index contributed by atoms with van der Waals surface area (Å²) >= 11 is 3.07. The molecule has 8 rings (SSSR count). The Bertz CT molecular complexity index is 3050. The number of hydrogen-bond acceptors (Lipinski definition) is 3. The van der Waals surface area contributed by atoms with Crippen molar-refractivity contribution in [2.75, 3.05) is 0 Å². The molecule has 6 aromatic rings. The van der Waals surface area contributed by atoms with E-state index in [0.717, 1.165) is 22.1 Å². The highest BCUT2D eigenvalue weighted by Crippen LogP contribution is 2.58. The Hall–Kier alpha value is -4.18. The molecule has 0 bridgehead atoms. The smallest absolute Gasteiger partial charge is 0.139 e. The number of fused-ring (bicyclic) bond motifs is 4. The standard InChI is InChI=1S/C49H48OS2/c1-29-25-27-33(31(3)43(29)35-17-15-21-39-45(35)50-41-23-13-11-19-37(41)47(39,5)6)34-28-26-30(2)44(32(34)4)36-18-16-22-40-46(36)52-48(7,8)38-20-12-14-24-42(38)51-49(40,9)10/h11-28H,1-10H3/i1D3,2D3,3D3,4D3,5D3,6D3. The molecule has 0 radical (unpaired) electrons.